The van der Waals surface area contributed by atoms with Gasteiger partial charge in [-0.15, -0.1) is 0 Å². The van der Waals surface area contributed by atoms with E-state index in [2.05, 4.69) is 33.4 Å². The molecule has 1 aliphatic carbocycles. The maximum atomic E-state index is 6.05. The quantitative estimate of drug-likeness (QED) is 0.774. The number of benzene rings is 2. The van der Waals surface area contributed by atoms with Crippen LogP contribution in [0.2, 0.25) is 5.02 Å². The molecule has 1 fully saturated rings. The first-order valence-electron chi connectivity index (χ1n) is 7.02. The lowest BCUT2D eigenvalue weighted by Crippen LogP contribution is -2.34. The monoisotopic (exact) mass is 365 g/mol. The van der Waals surface area contributed by atoms with Gasteiger partial charge in [0.15, 0.2) is 0 Å². The summed E-state index contributed by atoms with van der Waals surface area (Å²) in [6.45, 7) is 0. The van der Waals surface area contributed by atoms with Gasteiger partial charge < -0.3 is 10.1 Å². The van der Waals surface area contributed by atoms with Gasteiger partial charge in [0.25, 0.3) is 0 Å². The van der Waals surface area contributed by atoms with Gasteiger partial charge in [-0.2, -0.15) is 0 Å². The minimum Gasteiger partial charge on any atom is -0.496 e. The molecule has 0 spiro atoms. The van der Waals surface area contributed by atoms with Crippen molar-refractivity contribution in [3.63, 3.8) is 0 Å². The highest BCUT2D eigenvalue weighted by molar-refractivity contribution is 9.10. The third-order valence-corrected chi connectivity index (χ3v) is 4.93. The number of rotatable bonds is 4. The summed E-state index contributed by atoms with van der Waals surface area (Å²) in [6.07, 6.45) is 2.22. The summed E-state index contributed by atoms with van der Waals surface area (Å²) < 4.78 is 6.49. The molecule has 0 bridgehead atoms. The number of methoxy groups -OCH3 is 1. The number of halogens is 2. The van der Waals surface area contributed by atoms with Crippen molar-refractivity contribution in [3.8, 4) is 5.75 Å². The molecule has 0 radical (unpaired) electrons. The molecule has 1 N–H and O–H groups in total. The van der Waals surface area contributed by atoms with Gasteiger partial charge in [0, 0.05) is 15.5 Å². The van der Waals surface area contributed by atoms with E-state index in [4.69, 9.17) is 16.3 Å². The molecule has 4 heteroatoms. The Labute approximate surface area is 138 Å². The van der Waals surface area contributed by atoms with Crippen molar-refractivity contribution in [2.24, 2.45) is 0 Å². The number of para-hydroxylation sites is 1. The SMILES string of the molecule is COc1ccccc1C1CC(Nc2cc(Cl)ccc2Br)C1. The highest BCUT2D eigenvalue weighted by atomic mass is 79.9. The van der Waals surface area contributed by atoms with Crippen LogP contribution in [0.25, 0.3) is 0 Å². The third kappa shape index (κ3) is 3.19. The second-order valence-corrected chi connectivity index (χ2v) is 6.67. The Kier molecular flexibility index (Phi) is 4.41. The molecule has 2 aromatic carbocycles. The van der Waals surface area contributed by atoms with Crippen LogP contribution in [-0.2, 0) is 0 Å². The zero-order valence-electron chi connectivity index (χ0n) is 11.8. The minimum absolute atomic E-state index is 0.481. The predicted molar refractivity (Wildman–Crippen MR) is 91.5 cm³/mol. The van der Waals surface area contributed by atoms with Crippen LogP contribution in [0, 0.1) is 0 Å². The van der Waals surface area contributed by atoms with Crippen molar-refractivity contribution >= 4 is 33.2 Å². The number of anilines is 1. The minimum atomic E-state index is 0.481. The van der Waals surface area contributed by atoms with E-state index in [0.717, 1.165) is 33.8 Å². The van der Waals surface area contributed by atoms with E-state index >= 15 is 0 Å². The van der Waals surface area contributed by atoms with Crippen LogP contribution in [0.5, 0.6) is 5.75 Å². The summed E-state index contributed by atoms with van der Waals surface area (Å²) >= 11 is 9.60. The molecule has 1 aliphatic rings. The highest BCUT2D eigenvalue weighted by Crippen LogP contribution is 2.42. The Morgan fingerprint density at radius 2 is 1.95 bits per heavy atom. The molecule has 21 heavy (non-hydrogen) atoms. The Hall–Kier alpha value is -1.19. The molecule has 0 unspecified atom stereocenters. The molecule has 2 nitrogen and oxygen atoms in total. The summed E-state index contributed by atoms with van der Waals surface area (Å²) in [5.74, 6) is 1.56. The Morgan fingerprint density at radius 1 is 1.19 bits per heavy atom. The van der Waals surface area contributed by atoms with Crippen LogP contribution in [-0.4, -0.2) is 13.2 Å². The molecule has 110 valence electrons. The molecule has 1 saturated carbocycles. The van der Waals surface area contributed by atoms with Crippen molar-refractivity contribution in [1.29, 1.82) is 0 Å². The fourth-order valence-electron chi connectivity index (χ4n) is 2.82. The lowest BCUT2D eigenvalue weighted by Gasteiger charge is -2.37. The fraction of sp³-hybridized carbons (Fsp3) is 0.294. The van der Waals surface area contributed by atoms with E-state index in [1.54, 1.807) is 7.11 Å². The molecule has 2 aromatic rings. The first-order valence-corrected chi connectivity index (χ1v) is 8.19. The molecule has 0 amide bonds. The lowest BCUT2D eigenvalue weighted by molar-refractivity contribution is 0.349. The van der Waals surface area contributed by atoms with Gasteiger partial charge in [0.1, 0.15) is 5.75 Å². The van der Waals surface area contributed by atoms with Gasteiger partial charge in [0.05, 0.1) is 12.8 Å². The van der Waals surface area contributed by atoms with Crippen molar-refractivity contribution in [2.45, 2.75) is 24.8 Å². The molecular weight excluding hydrogens is 350 g/mol. The molecule has 0 aliphatic heterocycles. The standard InChI is InChI=1S/C17H17BrClNO/c1-21-17-5-3-2-4-14(17)11-8-13(9-11)20-16-10-12(19)6-7-15(16)18/h2-7,10-11,13,20H,8-9H2,1H3. The number of ether oxygens (including phenoxy) is 1. The number of hydrogen-bond acceptors (Lipinski definition) is 2. The summed E-state index contributed by atoms with van der Waals surface area (Å²) in [5.41, 5.74) is 2.37. The van der Waals surface area contributed by atoms with E-state index in [1.807, 2.05) is 30.3 Å². The Morgan fingerprint density at radius 3 is 2.71 bits per heavy atom. The van der Waals surface area contributed by atoms with E-state index in [9.17, 15) is 0 Å². The first kappa shape index (κ1) is 14.7. The van der Waals surface area contributed by atoms with Crippen LogP contribution in [0.4, 0.5) is 5.69 Å². The largest absolute Gasteiger partial charge is 0.496 e. The van der Waals surface area contributed by atoms with Crippen molar-refractivity contribution < 1.29 is 4.74 Å². The Balaban J connectivity index is 1.65. The summed E-state index contributed by atoms with van der Waals surface area (Å²) in [6, 6.07) is 14.6. The smallest absolute Gasteiger partial charge is 0.122 e. The third-order valence-electron chi connectivity index (χ3n) is 4.00. The normalized spacial score (nSPS) is 20.7. The van der Waals surface area contributed by atoms with Crippen molar-refractivity contribution in [3.05, 3.63) is 57.5 Å². The molecule has 0 atom stereocenters. The van der Waals surface area contributed by atoms with Crippen LogP contribution in [0.15, 0.2) is 46.9 Å². The fourth-order valence-corrected chi connectivity index (χ4v) is 3.35. The van der Waals surface area contributed by atoms with E-state index in [-0.39, 0.29) is 0 Å². The van der Waals surface area contributed by atoms with E-state index in [0.29, 0.717) is 12.0 Å². The molecular formula is C17H17BrClNO. The maximum Gasteiger partial charge on any atom is 0.122 e. The van der Waals surface area contributed by atoms with Crippen molar-refractivity contribution in [2.75, 3.05) is 12.4 Å². The molecule has 0 aromatic heterocycles. The average molecular weight is 367 g/mol. The summed E-state index contributed by atoms with van der Waals surface area (Å²) in [4.78, 5) is 0. The van der Waals surface area contributed by atoms with Gasteiger partial charge in [-0.3, -0.25) is 0 Å². The number of hydrogen-bond donors (Lipinski definition) is 1. The summed E-state index contributed by atoms with van der Waals surface area (Å²) in [5, 5.41) is 4.30. The maximum absolute atomic E-state index is 6.05. The topological polar surface area (TPSA) is 21.3 Å². The second kappa shape index (κ2) is 6.29. The van der Waals surface area contributed by atoms with Gasteiger partial charge in [0.2, 0.25) is 0 Å². The second-order valence-electron chi connectivity index (χ2n) is 5.38. The van der Waals surface area contributed by atoms with E-state index < -0.39 is 0 Å². The van der Waals surface area contributed by atoms with Crippen LogP contribution >= 0.6 is 27.5 Å². The summed E-state index contributed by atoms with van der Waals surface area (Å²) in [7, 11) is 1.73. The molecule has 3 rings (SSSR count). The van der Waals surface area contributed by atoms with Gasteiger partial charge in [-0.25, -0.2) is 0 Å². The first-order chi connectivity index (χ1) is 10.2. The Bertz CT molecular complexity index is 640. The van der Waals surface area contributed by atoms with Gasteiger partial charge in [-0.1, -0.05) is 29.8 Å². The lowest BCUT2D eigenvalue weighted by atomic mass is 9.75. The van der Waals surface area contributed by atoms with Crippen LogP contribution < -0.4 is 10.1 Å². The number of nitrogens with one attached hydrogen (secondary N) is 1. The average Bonchev–Trinajstić information content (AvgIpc) is 2.46. The van der Waals surface area contributed by atoms with Crippen LogP contribution in [0.1, 0.15) is 24.3 Å². The van der Waals surface area contributed by atoms with E-state index in [1.165, 1.54) is 5.56 Å². The molecule has 0 saturated heterocycles. The zero-order valence-corrected chi connectivity index (χ0v) is 14.1. The predicted octanol–water partition coefficient (Wildman–Crippen LogP) is 5.47. The van der Waals surface area contributed by atoms with Gasteiger partial charge in [-0.05, 0) is 64.5 Å². The van der Waals surface area contributed by atoms with Gasteiger partial charge >= 0.3 is 0 Å². The highest BCUT2D eigenvalue weighted by Gasteiger charge is 2.32. The van der Waals surface area contributed by atoms with Crippen molar-refractivity contribution in [1.82, 2.24) is 0 Å². The van der Waals surface area contributed by atoms with Crippen LogP contribution in [0.3, 0.4) is 0 Å². The molecule has 0 heterocycles. The zero-order chi connectivity index (χ0) is 14.8.